The second kappa shape index (κ2) is 8.66. The largest absolute Gasteiger partial charge is 0.444 e. The third-order valence-electron chi connectivity index (χ3n) is 4.89. The fourth-order valence-electron chi connectivity index (χ4n) is 3.51. The first-order valence-corrected chi connectivity index (χ1v) is 11.1. The van der Waals surface area contributed by atoms with Crippen molar-refractivity contribution < 1.29 is 19.4 Å². The van der Waals surface area contributed by atoms with E-state index in [0.717, 1.165) is 34.9 Å². The van der Waals surface area contributed by atoms with Gasteiger partial charge >= 0.3 is 6.09 Å². The molecule has 4 N–H and O–H groups in total. The Kier molecular flexibility index (Phi) is 6.52. The van der Waals surface area contributed by atoms with E-state index in [4.69, 9.17) is 4.74 Å². The number of amides is 2. The van der Waals surface area contributed by atoms with Crippen molar-refractivity contribution >= 4 is 50.3 Å². The Morgan fingerprint density at radius 1 is 1.32 bits per heavy atom. The van der Waals surface area contributed by atoms with Gasteiger partial charge in [0.2, 0.25) is 0 Å². The van der Waals surface area contributed by atoms with Crippen LogP contribution in [0.5, 0.6) is 0 Å². The summed E-state index contributed by atoms with van der Waals surface area (Å²) in [5.41, 5.74) is -0.0543. The number of pyridine rings is 1. The number of ether oxygens (including phenoxy) is 1. The van der Waals surface area contributed by atoms with Crippen molar-refractivity contribution in [2.45, 2.75) is 64.7 Å². The van der Waals surface area contributed by atoms with Crippen molar-refractivity contribution in [2.75, 3.05) is 23.3 Å². The highest BCUT2D eigenvalue weighted by Gasteiger charge is 2.29. The minimum absolute atomic E-state index is 0.0768. The highest BCUT2D eigenvalue weighted by atomic mass is 79.9. The maximum absolute atomic E-state index is 12.4. The monoisotopic (exact) mass is 495 g/mol. The first-order chi connectivity index (χ1) is 14.3. The number of H-pyrrole nitrogens is 1. The number of halogens is 1. The van der Waals surface area contributed by atoms with Crippen LogP contribution in [0.15, 0.2) is 16.9 Å². The smallest absolute Gasteiger partial charge is 0.407 e. The van der Waals surface area contributed by atoms with Gasteiger partial charge in [-0.2, -0.15) is 0 Å². The molecule has 0 spiro atoms. The Morgan fingerprint density at radius 2 is 2.03 bits per heavy atom. The van der Waals surface area contributed by atoms with Crippen LogP contribution in [0.4, 0.5) is 16.2 Å². The molecule has 0 saturated carbocycles. The number of hydrogen-bond donors (Lipinski definition) is 4. The van der Waals surface area contributed by atoms with Crippen LogP contribution in [0.3, 0.4) is 0 Å². The summed E-state index contributed by atoms with van der Waals surface area (Å²) in [5, 5.41) is 16.5. The molecule has 2 aromatic heterocycles. The van der Waals surface area contributed by atoms with E-state index >= 15 is 0 Å². The third-order valence-corrected chi connectivity index (χ3v) is 5.47. The molecule has 0 bridgehead atoms. The number of fused-ring (bicyclic) bond motifs is 1. The molecule has 0 aliphatic carbocycles. The van der Waals surface area contributed by atoms with Crippen LogP contribution in [-0.4, -0.2) is 57.4 Å². The van der Waals surface area contributed by atoms with Gasteiger partial charge in [-0.1, -0.05) is 0 Å². The number of aromatic nitrogens is 2. The highest BCUT2D eigenvalue weighted by molar-refractivity contribution is 9.10. The van der Waals surface area contributed by atoms with Gasteiger partial charge < -0.3 is 30.4 Å². The maximum atomic E-state index is 12.4. The number of aromatic amines is 1. The molecule has 9 nitrogen and oxygen atoms in total. The molecule has 1 saturated heterocycles. The SMILES string of the molecule is CC(C)(C)OC(=O)NC1CCCN(c2c(Br)cnc3[nH]cc(NC(=O)C(C)(C)O)c23)C1. The Bertz CT molecular complexity index is 977. The predicted octanol–water partition coefficient (Wildman–Crippen LogP) is 3.53. The van der Waals surface area contributed by atoms with E-state index < -0.39 is 23.2 Å². The average molecular weight is 496 g/mol. The molecule has 2 amide bonds. The van der Waals surface area contributed by atoms with Gasteiger partial charge in [-0.05, 0) is 63.4 Å². The molecule has 1 aliphatic rings. The van der Waals surface area contributed by atoms with Gasteiger partial charge in [-0.3, -0.25) is 4.79 Å². The van der Waals surface area contributed by atoms with Gasteiger partial charge in [0.1, 0.15) is 16.8 Å². The van der Waals surface area contributed by atoms with E-state index in [-0.39, 0.29) is 6.04 Å². The summed E-state index contributed by atoms with van der Waals surface area (Å²) in [6.07, 6.45) is 4.67. The number of carbonyl (C=O) groups excluding carboxylic acids is 2. The fourth-order valence-corrected chi connectivity index (χ4v) is 4.06. The Balaban J connectivity index is 1.87. The molecule has 0 aromatic carbocycles. The minimum atomic E-state index is -1.52. The molecular weight excluding hydrogens is 466 g/mol. The molecule has 3 rings (SSSR count). The summed E-state index contributed by atoms with van der Waals surface area (Å²) in [6.45, 7) is 9.74. The second-order valence-corrected chi connectivity index (χ2v) is 10.2. The lowest BCUT2D eigenvalue weighted by Crippen LogP contribution is -2.49. The van der Waals surface area contributed by atoms with Crippen molar-refractivity contribution in [3.63, 3.8) is 0 Å². The lowest BCUT2D eigenvalue weighted by Gasteiger charge is -2.36. The molecule has 2 aromatic rings. The number of piperidine rings is 1. The zero-order chi connectivity index (χ0) is 23.0. The normalized spacial score (nSPS) is 17.5. The number of rotatable bonds is 4. The first-order valence-electron chi connectivity index (χ1n) is 10.3. The van der Waals surface area contributed by atoms with E-state index in [1.54, 1.807) is 12.4 Å². The van der Waals surface area contributed by atoms with Crippen LogP contribution in [0.2, 0.25) is 0 Å². The first kappa shape index (κ1) is 23.3. The van der Waals surface area contributed by atoms with Crippen molar-refractivity contribution in [3.05, 3.63) is 16.9 Å². The van der Waals surface area contributed by atoms with Crippen LogP contribution in [0.1, 0.15) is 47.5 Å². The molecule has 1 aliphatic heterocycles. The van der Waals surface area contributed by atoms with Gasteiger partial charge in [0.15, 0.2) is 0 Å². The van der Waals surface area contributed by atoms with E-state index in [0.29, 0.717) is 17.9 Å². The summed E-state index contributed by atoms with van der Waals surface area (Å²) in [6, 6.07) is -0.0768. The second-order valence-electron chi connectivity index (χ2n) is 9.33. The summed E-state index contributed by atoms with van der Waals surface area (Å²) >= 11 is 3.60. The molecule has 1 fully saturated rings. The third kappa shape index (κ3) is 5.68. The van der Waals surface area contributed by atoms with Crippen LogP contribution in [0.25, 0.3) is 11.0 Å². The van der Waals surface area contributed by atoms with Gasteiger partial charge in [0.05, 0.1) is 21.2 Å². The molecule has 3 heterocycles. The zero-order valence-electron chi connectivity index (χ0n) is 18.5. The van der Waals surface area contributed by atoms with Crippen molar-refractivity contribution in [1.82, 2.24) is 15.3 Å². The number of nitrogens with zero attached hydrogens (tertiary/aromatic N) is 2. The Morgan fingerprint density at radius 3 is 2.68 bits per heavy atom. The van der Waals surface area contributed by atoms with Crippen LogP contribution < -0.4 is 15.5 Å². The molecule has 1 atom stereocenters. The number of nitrogens with one attached hydrogen (secondary N) is 3. The quantitative estimate of drug-likeness (QED) is 0.514. The van der Waals surface area contributed by atoms with Gasteiger partial charge in [0, 0.05) is 31.5 Å². The minimum Gasteiger partial charge on any atom is -0.444 e. The number of alkyl carbamates (subject to hydrolysis) is 1. The average Bonchev–Trinajstić information content (AvgIpc) is 3.02. The molecule has 31 heavy (non-hydrogen) atoms. The van der Waals surface area contributed by atoms with Crippen LogP contribution >= 0.6 is 15.9 Å². The zero-order valence-corrected chi connectivity index (χ0v) is 20.1. The molecular formula is C21H30BrN5O4. The van der Waals surface area contributed by atoms with E-state index in [2.05, 4.69) is 41.4 Å². The highest BCUT2D eigenvalue weighted by Crippen LogP contribution is 2.39. The fraction of sp³-hybridized carbons (Fsp3) is 0.571. The van der Waals surface area contributed by atoms with Crippen molar-refractivity contribution in [3.8, 4) is 0 Å². The number of aliphatic hydroxyl groups is 1. The van der Waals surface area contributed by atoms with E-state index in [9.17, 15) is 14.7 Å². The molecule has 0 radical (unpaired) electrons. The molecule has 10 heteroatoms. The van der Waals surface area contributed by atoms with Gasteiger partial charge in [-0.25, -0.2) is 9.78 Å². The van der Waals surface area contributed by atoms with Crippen molar-refractivity contribution in [2.24, 2.45) is 0 Å². The number of carbonyl (C=O) groups is 2. The predicted molar refractivity (Wildman–Crippen MR) is 123 cm³/mol. The van der Waals surface area contributed by atoms with Crippen molar-refractivity contribution in [1.29, 1.82) is 0 Å². The molecule has 1 unspecified atom stereocenters. The standard InChI is InChI=1S/C21H30BrN5O4/c1-20(2,3)31-19(29)25-12-7-6-8-27(11-12)16-13(22)9-23-17-15(16)14(10-24-17)26-18(28)21(4,5)30/h9-10,12,30H,6-8,11H2,1-5H3,(H,23,24)(H,25,29)(H,26,28). The van der Waals surface area contributed by atoms with Crippen LogP contribution in [0, 0.1) is 0 Å². The number of anilines is 2. The lowest BCUT2D eigenvalue weighted by atomic mass is 10.0. The Hall–Kier alpha value is -2.33. The van der Waals surface area contributed by atoms with Gasteiger partial charge in [-0.15, -0.1) is 0 Å². The summed E-state index contributed by atoms with van der Waals surface area (Å²) < 4.78 is 6.17. The maximum Gasteiger partial charge on any atom is 0.407 e. The number of hydrogen-bond acceptors (Lipinski definition) is 6. The van der Waals surface area contributed by atoms with E-state index in [1.807, 2.05) is 20.8 Å². The summed E-state index contributed by atoms with van der Waals surface area (Å²) in [4.78, 5) is 34.2. The van der Waals surface area contributed by atoms with E-state index in [1.165, 1.54) is 13.8 Å². The summed E-state index contributed by atoms with van der Waals surface area (Å²) in [7, 11) is 0. The molecule has 170 valence electrons. The van der Waals surface area contributed by atoms with Crippen LogP contribution in [-0.2, 0) is 9.53 Å². The lowest BCUT2D eigenvalue weighted by molar-refractivity contribution is -0.130. The topological polar surface area (TPSA) is 120 Å². The summed E-state index contributed by atoms with van der Waals surface area (Å²) in [5.74, 6) is -0.512. The van der Waals surface area contributed by atoms with Gasteiger partial charge in [0.25, 0.3) is 5.91 Å². The Labute approximate surface area is 190 Å².